The summed E-state index contributed by atoms with van der Waals surface area (Å²) in [7, 11) is 1.71. The van der Waals surface area contributed by atoms with Gasteiger partial charge in [-0.1, -0.05) is 137 Å². The molecule has 0 heterocycles. The fourth-order valence-corrected chi connectivity index (χ4v) is 5.84. The van der Waals surface area contributed by atoms with E-state index >= 15 is 0 Å². The smallest absolute Gasteiger partial charge is 0.306 e. The lowest BCUT2D eigenvalue weighted by Crippen LogP contribution is -2.25. The van der Waals surface area contributed by atoms with E-state index in [9.17, 15) is 4.79 Å². The lowest BCUT2D eigenvalue weighted by molar-refractivity contribution is -0.150. The van der Waals surface area contributed by atoms with Crippen LogP contribution in [0.25, 0.3) is 0 Å². The minimum Gasteiger partial charge on any atom is -0.502 e. The average molecular weight is 594 g/mol. The van der Waals surface area contributed by atoms with Gasteiger partial charge in [-0.25, -0.2) is 0 Å². The minimum atomic E-state index is 0.0518. The van der Waals surface area contributed by atoms with Gasteiger partial charge >= 0.3 is 5.97 Å². The van der Waals surface area contributed by atoms with E-state index in [1.165, 1.54) is 148 Å². The molecule has 0 N–H and O–H groups in total. The van der Waals surface area contributed by atoms with Crippen molar-refractivity contribution in [1.82, 2.24) is 4.90 Å². The van der Waals surface area contributed by atoms with Crippen molar-refractivity contribution in [2.45, 2.75) is 200 Å². The third-order valence-corrected chi connectivity index (χ3v) is 8.83. The summed E-state index contributed by atoms with van der Waals surface area (Å²) in [4.78, 5) is 15.2. The van der Waals surface area contributed by atoms with E-state index in [0.29, 0.717) is 6.42 Å². The number of ether oxygens (including phenoxy) is 2. The second kappa shape index (κ2) is 32.9. The molecule has 0 bridgehead atoms. The van der Waals surface area contributed by atoms with Crippen LogP contribution in [-0.4, -0.2) is 43.7 Å². The van der Waals surface area contributed by atoms with Crippen LogP contribution in [0.15, 0.2) is 12.3 Å². The van der Waals surface area contributed by atoms with E-state index in [1.54, 1.807) is 7.11 Å². The van der Waals surface area contributed by atoms with E-state index < -0.39 is 0 Å². The maximum atomic E-state index is 12.6. The van der Waals surface area contributed by atoms with Gasteiger partial charge in [-0.15, -0.1) is 0 Å². The zero-order chi connectivity index (χ0) is 30.9. The number of unbranched alkanes of at least 4 members (excludes halogenated alkanes) is 19. The molecule has 4 nitrogen and oxygen atoms in total. The monoisotopic (exact) mass is 594 g/mol. The van der Waals surface area contributed by atoms with Crippen LogP contribution in [0, 0.1) is 0 Å². The van der Waals surface area contributed by atoms with Crippen LogP contribution >= 0.6 is 0 Å². The van der Waals surface area contributed by atoms with Crippen molar-refractivity contribution in [3.05, 3.63) is 12.3 Å². The molecule has 42 heavy (non-hydrogen) atoms. The fourth-order valence-electron chi connectivity index (χ4n) is 5.84. The molecule has 0 fully saturated rings. The van der Waals surface area contributed by atoms with Crippen LogP contribution in [0.2, 0.25) is 0 Å². The largest absolute Gasteiger partial charge is 0.502 e. The first-order valence-corrected chi connectivity index (χ1v) is 18.7. The van der Waals surface area contributed by atoms with Gasteiger partial charge in [-0.05, 0) is 71.0 Å². The second-order valence-corrected chi connectivity index (χ2v) is 12.8. The van der Waals surface area contributed by atoms with E-state index in [2.05, 4.69) is 32.3 Å². The van der Waals surface area contributed by atoms with Crippen LogP contribution in [0.1, 0.15) is 194 Å². The molecule has 0 aromatic rings. The van der Waals surface area contributed by atoms with Crippen LogP contribution in [0.5, 0.6) is 0 Å². The van der Waals surface area contributed by atoms with Gasteiger partial charge < -0.3 is 14.4 Å². The number of carbonyl (C=O) groups excluding carboxylic acids is 1. The Bertz CT molecular complexity index is 563. The SMILES string of the molecule is C=C(CCCCCCCN(CC)CCCCCCCCC(=O)OC(CCCCCCCC)CCCCCCCC)OC. The Morgan fingerprint density at radius 3 is 1.43 bits per heavy atom. The van der Waals surface area contributed by atoms with Gasteiger partial charge in [0.05, 0.1) is 12.9 Å². The van der Waals surface area contributed by atoms with Crippen LogP contribution in [-0.2, 0) is 14.3 Å². The van der Waals surface area contributed by atoms with Gasteiger partial charge in [-0.3, -0.25) is 4.79 Å². The molecule has 0 aromatic carbocycles. The summed E-state index contributed by atoms with van der Waals surface area (Å²) >= 11 is 0. The standard InChI is InChI=1S/C38H75NO3/c1-6-9-11-13-19-25-31-37(32-26-20-14-12-10-7-2)42-38(40)33-27-21-15-16-22-28-34-39(8-3)35-29-23-17-18-24-30-36(4)41-5/h37H,4,6-35H2,1-3,5H3. The first-order chi connectivity index (χ1) is 20.6. The molecular formula is C38H75NO3. The van der Waals surface area contributed by atoms with E-state index in [-0.39, 0.29) is 12.1 Å². The molecule has 4 heteroatoms. The molecule has 0 unspecified atom stereocenters. The number of hydrogen-bond acceptors (Lipinski definition) is 4. The topological polar surface area (TPSA) is 38.8 Å². The molecule has 0 saturated carbocycles. The maximum absolute atomic E-state index is 12.6. The molecule has 0 atom stereocenters. The van der Waals surface area contributed by atoms with Gasteiger partial charge in [0.2, 0.25) is 0 Å². The normalized spacial score (nSPS) is 11.5. The second-order valence-electron chi connectivity index (χ2n) is 12.8. The molecule has 0 amide bonds. The Hall–Kier alpha value is -1.03. The van der Waals surface area contributed by atoms with Gasteiger partial charge in [0.15, 0.2) is 0 Å². The third kappa shape index (κ3) is 29.1. The zero-order valence-corrected chi connectivity index (χ0v) is 29.2. The number of allylic oxidation sites excluding steroid dienone is 1. The van der Waals surface area contributed by atoms with E-state index in [1.807, 2.05) is 0 Å². The maximum Gasteiger partial charge on any atom is 0.306 e. The number of methoxy groups -OCH3 is 1. The number of carbonyl (C=O) groups is 1. The van der Waals surface area contributed by atoms with Crippen molar-refractivity contribution in [3.8, 4) is 0 Å². The number of hydrogen-bond donors (Lipinski definition) is 0. The molecule has 250 valence electrons. The first-order valence-electron chi connectivity index (χ1n) is 18.7. The van der Waals surface area contributed by atoms with E-state index in [4.69, 9.17) is 9.47 Å². The van der Waals surface area contributed by atoms with Crippen molar-refractivity contribution in [2.75, 3.05) is 26.7 Å². The van der Waals surface area contributed by atoms with Gasteiger partial charge in [0.25, 0.3) is 0 Å². The third-order valence-electron chi connectivity index (χ3n) is 8.83. The van der Waals surface area contributed by atoms with E-state index in [0.717, 1.165) is 44.4 Å². The van der Waals surface area contributed by atoms with Gasteiger partial charge in [0.1, 0.15) is 6.10 Å². The highest BCUT2D eigenvalue weighted by Gasteiger charge is 2.14. The molecule has 0 saturated heterocycles. The summed E-state index contributed by atoms with van der Waals surface area (Å²) < 4.78 is 11.2. The molecule has 0 aliphatic heterocycles. The van der Waals surface area contributed by atoms with Crippen molar-refractivity contribution in [3.63, 3.8) is 0 Å². The summed E-state index contributed by atoms with van der Waals surface area (Å²) in [6, 6.07) is 0. The van der Waals surface area contributed by atoms with Gasteiger partial charge in [-0.2, -0.15) is 0 Å². The summed E-state index contributed by atoms with van der Waals surface area (Å²) in [5.74, 6) is 0.965. The number of nitrogens with zero attached hydrogens (tertiary/aromatic N) is 1. The summed E-state index contributed by atoms with van der Waals surface area (Å²) in [5, 5.41) is 0. The quantitative estimate of drug-likeness (QED) is 0.0422. The highest BCUT2D eigenvalue weighted by molar-refractivity contribution is 5.69. The Labute approximate surface area is 264 Å². The van der Waals surface area contributed by atoms with Crippen molar-refractivity contribution in [2.24, 2.45) is 0 Å². The lowest BCUT2D eigenvalue weighted by Gasteiger charge is -2.20. The minimum absolute atomic E-state index is 0.0518. The Morgan fingerprint density at radius 1 is 0.571 bits per heavy atom. The fraction of sp³-hybridized carbons (Fsp3) is 0.921. The molecule has 0 aromatic heterocycles. The first kappa shape index (κ1) is 41.0. The van der Waals surface area contributed by atoms with Crippen molar-refractivity contribution < 1.29 is 14.3 Å². The highest BCUT2D eigenvalue weighted by Crippen LogP contribution is 2.18. The average Bonchev–Trinajstić information content (AvgIpc) is 2.99. The highest BCUT2D eigenvalue weighted by atomic mass is 16.5. The van der Waals surface area contributed by atoms with Crippen LogP contribution in [0.4, 0.5) is 0 Å². The Morgan fingerprint density at radius 2 is 0.976 bits per heavy atom. The Balaban J connectivity index is 3.91. The Kier molecular flexibility index (Phi) is 32.1. The molecule has 0 spiro atoms. The lowest BCUT2D eigenvalue weighted by atomic mass is 10.0. The van der Waals surface area contributed by atoms with Crippen molar-refractivity contribution >= 4 is 5.97 Å². The summed E-state index contributed by atoms with van der Waals surface area (Å²) in [5.41, 5.74) is 0. The van der Waals surface area contributed by atoms with Crippen molar-refractivity contribution in [1.29, 1.82) is 0 Å². The van der Waals surface area contributed by atoms with Crippen LogP contribution in [0.3, 0.4) is 0 Å². The molecule has 0 radical (unpaired) electrons. The molecule has 0 aliphatic rings. The molecule has 0 rings (SSSR count). The predicted octanol–water partition coefficient (Wildman–Crippen LogP) is 12.0. The summed E-state index contributed by atoms with van der Waals surface area (Å²) in [6.07, 6.45) is 33.2. The molecule has 0 aliphatic carbocycles. The zero-order valence-electron chi connectivity index (χ0n) is 29.2. The van der Waals surface area contributed by atoms with Crippen LogP contribution < -0.4 is 0 Å². The number of rotatable bonds is 34. The number of esters is 1. The van der Waals surface area contributed by atoms with Gasteiger partial charge in [0, 0.05) is 12.8 Å². The molecular weight excluding hydrogens is 518 g/mol. The predicted molar refractivity (Wildman–Crippen MR) is 184 cm³/mol. The summed E-state index contributed by atoms with van der Waals surface area (Å²) in [6.45, 7) is 14.4.